The molecular formula is C14H17NO3. The molecule has 1 saturated heterocycles. The fourth-order valence-electron chi connectivity index (χ4n) is 1.86. The van der Waals surface area contributed by atoms with Gasteiger partial charge in [0.15, 0.2) is 5.78 Å². The molecule has 1 atom stereocenters. The summed E-state index contributed by atoms with van der Waals surface area (Å²) < 4.78 is 5.70. The molecule has 4 heteroatoms. The van der Waals surface area contributed by atoms with Gasteiger partial charge in [-0.2, -0.15) is 0 Å². The van der Waals surface area contributed by atoms with Crippen molar-refractivity contribution in [1.29, 1.82) is 0 Å². The van der Waals surface area contributed by atoms with Crippen molar-refractivity contribution in [2.75, 3.05) is 11.4 Å². The van der Waals surface area contributed by atoms with Crippen molar-refractivity contribution in [2.24, 2.45) is 0 Å². The second-order valence-corrected chi connectivity index (χ2v) is 4.53. The predicted molar refractivity (Wildman–Crippen MR) is 68.8 cm³/mol. The Morgan fingerprint density at radius 1 is 1.39 bits per heavy atom. The number of hydrogen-bond acceptors (Lipinski definition) is 3. The Hall–Kier alpha value is -1.84. The van der Waals surface area contributed by atoms with Crippen LogP contribution in [0.1, 0.15) is 26.7 Å². The minimum atomic E-state index is -0.138. The number of rotatable bonds is 4. The van der Waals surface area contributed by atoms with E-state index in [4.69, 9.17) is 4.74 Å². The summed E-state index contributed by atoms with van der Waals surface area (Å²) in [7, 11) is 0. The molecule has 1 aromatic carbocycles. The highest BCUT2D eigenvalue weighted by Gasteiger charge is 2.28. The molecule has 1 unspecified atom stereocenters. The number of carbonyl (C=O) groups is 2. The van der Waals surface area contributed by atoms with Gasteiger partial charge in [0, 0.05) is 11.8 Å². The molecule has 1 fully saturated rings. The summed E-state index contributed by atoms with van der Waals surface area (Å²) in [5.74, 6) is 0.558. The van der Waals surface area contributed by atoms with Gasteiger partial charge in [0.05, 0.1) is 19.1 Å². The third-order valence-electron chi connectivity index (χ3n) is 3.03. The van der Waals surface area contributed by atoms with E-state index in [1.54, 1.807) is 0 Å². The summed E-state index contributed by atoms with van der Waals surface area (Å²) in [5, 5.41) is 0. The molecule has 0 bridgehead atoms. The van der Waals surface area contributed by atoms with Crippen LogP contribution in [0, 0.1) is 0 Å². The number of ether oxygens (including phenoxy) is 1. The van der Waals surface area contributed by atoms with Crippen LogP contribution in [0.2, 0.25) is 0 Å². The smallest absolute Gasteiger partial charge is 0.234 e. The molecule has 4 nitrogen and oxygen atoms in total. The molecule has 1 aliphatic heterocycles. The highest BCUT2D eigenvalue weighted by Crippen LogP contribution is 2.25. The van der Waals surface area contributed by atoms with Gasteiger partial charge < -0.3 is 9.64 Å². The van der Waals surface area contributed by atoms with E-state index in [9.17, 15) is 9.59 Å². The van der Waals surface area contributed by atoms with Crippen molar-refractivity contribution >= 4 is 17.4 Å². The monoisotopic (exact) mass is 247 g/mol. The molecule has 96 valence electrons. The first-order valence-electron chi connectivity index (χ1n) is 6.19. The van der Waals surface area contributed by atoms with E-state index >= 15 is 0 Å². The first-order valence-corrected chi connectivity index (χ1v) is 6.19. The van der Waals surface area contributed by atoms with Crippen LogP contribution < -0.4 is 9.64 Å². The Morgan fingerprint density at radius 2 is 2.17 bits per heavy atom. The zero-order chi connectivity index (χ0) is 13.1. The van der Waals surface area contributed by atoms with Crippen LogP contribution in [0.3, 0.4) is 0 Å². The van der Waals surface area contributed by atoms with Gasteiger partial charge in [-0.25, -0.2) is 0 Å². The average Bonchev–Trinajstić information content (AvgIpc) is 2.68. The minimum absolute atomic E-state index is 0.0104. The van der Waals surface area contributed by atoms with E-state index in [0.717, 1.165) is 17.9 Å². The molecule has 1 amide bonds. The highest BCUT2D eigenvalue weighted by atomic mass is 16.5. The molecule has 0 N–H and O–H groups in total. The number of ketones is 1. The maximum absolute atomic E-state index is 11.6. The maximum atomic E-state index is 11.6. The maximum Gasteiger partial charge on any atom is 0.234 e. The molecule has 1 aromatic rings. The number of hydrogen-bond donors (Lipinski definition) is 0. The fraction of sp³-hybridized carbons (Fsp3) is 0.429. The Bertz CT molecular complexity index is 470. The zero-order valence-electron chi connectivity index (χ0n) is 10.7. The summed E-state index contributed by atoms with van der Waals surface area (Å²) in [5.41, 5.74) is 0.728. The number of Topliss-reactive ketones (excluding diaryl/α,β-unsaturated/α-hetero) is 1. The lowest BCUT2D eigenvalue weighted by Crippen LogP contribution is -2.24. The molecule has 0 saturated carbocycles. The lowest BCUT2D eigenvalue weighted by atomic mass is 10.2. The highest BCUT2D eigenvalue weighted by molar-refractivity contribution is 6.15. The number of anilines is 1. The lowest BCUT2D eigenvalue weighted by Gasteiger charge is -2.17. The van der Waals surface area contributed by atoms with Crippen LogP contribution in [0.25, 0.3) is 0 Å². The Kier molecular flexibility index (Phi) is 3.65. The van der Waals surface area contributed by atoms with Gasteiger partial charge in [-0.1, -0.05) is 13.0 Å². The van der Waals surface area contributed by atoms with Crippen molar-refractivity contribution in [1.82, 2.24) is 0 Å². The van der Waals surface area contributed by atoms with Gasteiger partial charge in [0.2, 0.25) is 5.91 Å². The lowest BCUT2D eigenvalue weighted by molar-refractivity contribution is -0.121. The van der Waals surface area contributed by atoms with E-state index in [2.05, 4.69) is 6.92 Å². The molecule has 0 aromatic heterocycles. The van der Waals surface area contributed by atoms with Crippen molar-refractivity contribution in [2.45, 2.75) is 32.8 Å². The minimum Gasteiger partial charge on any atom is -0.491 e. The summed E-state index contributed by atoms with van der Waals surface area (Å²) in [6.07, 6.45) is 1.07. The van der Waals surface area contributed by atoms with E-state index < -0.39 is 0 Å². The average molecular weight is 247 g/mol. The summed E-state index contributed by atoms with van der Waals surface area (Å²) in [4.78, 5) is 24.4. The zero-order valence-corrected chi connectivity index (χ0v) is 10.7. The third kappa shape index (κ3) is 2.70. The van der Waals surface area contributed by atoms with Crippen molar-refractivity contribution in [3.05, 3.63) is 24.3 Å². The van der Waals surface area contributed by atoms with Gasteiger partial charge in [-0.15, -0.1) is 0 Å². The van der Waals surface area contributed by atoms with Crippen LogP contribution in [-0.2, 0) is 9.59 Å². The second kappa shape index (κ2) is 5.21. The van der Waals surface area contributed by atoms with Gasteiger partial charge in [0.25, 0.3) is 0 Å². The van der Waals surface area contributed by atoms with Gasteiger partial charge in [-0.05, 0) is 25.5 Å². The number of nitrogens with zero attached hydrogens (tertiary/aromatic N) is 1. The van der Waals surface area contributed by atoms with Gasteiger partial charge in [0.1, 0.15) is 5.75 Å². The summed E-state index contributed by atoms with van der Waals surface area (Å²) >= 11 is 0. The van der Waals surface area contributed by atoms with E-state index in [-0.39, 0.29) is 30.8 Å². The third-order valence-corrected chi connectivity index (χ3v) is 3.03. The quantitative estimate of drug-likeness (QED) is 0.766. The summed E-state index contributed by atoms with van der Waals surface area (Å²) in [6, 6.07) is 7.32. The Morgan fingerprint density at radius 3 is 2.78 bits per heavy atom. The molecule has 0 spiro atoms. The number of amides is 1. The van der Waals surface area contributed by atoms with E-state index in [0.29, 0.717) is 0 Å². The first-order chi connectivity index (χ1) is 8.60. The number of carbonyl (C=O) groups excluding carboxylic acids is 2. The topological polar surface area (TPSA) is 46.6 Å². The van der Waals surface area contributed by atoms with Crippen LogP contribution in [0.5, 0.6) is 5.75 Å². The Balaban J connectivity index is 2.17. The van der Waals surface area contributed by atoms with Crippen molar-refractivity contribution in [3.8, 4) is 5.75 Å². The van der Waals surface area contributed by atoms with Gasteiger partial charge >= 0.3 is 0 Å². The molecule has 1 aliphatic rings. The molecule has 18 heavy (non-hydrogen) atoms. The van der Waals surface area contributed by atoms with Crippen molar-refractivity contribution in [3.63, 3.8) is 0 Å². The van der Waals surface area contributed by atoms with Gasteiger partial charge in [-0.3, -0.25) is 9.59 Å². The largest absolute Gasteiger partial charge is 0.491 e. The van der Waals surface area contributed by atoms with E-state index in [1.807, 2.05) is 31.2 Å². The van der Waals surface area contributed by atoms with Crippen molar-refractivity contribution < 1.29 is 14.3 Å². The molecule has 1 heterocycles. The number of benzene rings is 1. The van der Waals surface area contributed by atoms with Crippen LogP contribution in [0.15, 0.2) is 24.3 Å². The van der Waals surface area contributed by atoms with Crippen LogP contribution >= 0.6 is 0 Å². The second-order valence-electron chi connectivity index (χ2n) is 4.53. The van der Waals surface area contributed by atoms with E-state index in [1.165, 1.54) is 4.90 Å². The molecular weight excluding hydrogens is 230 g/mol. The first kappa shape index (κ1) is 12.6. The molecule has 2 rings (SSSR count). The standard InChI is InChI=1S/C14H17NO3/c1-3-10(2)18-13-6-4-5-11(7-13)15-9-12(16)8-14(15)17/h4-7,10H,3,8-9H2,1-2H3. The SMILES string of the molecule is CCC(C)Oc1cccc(N2CC(=O)CC2=O)c1. The molecule has 0 aliphatic carbocycles. The van der Waals surface area contributed by atoms with Crippen LogP contribution in [0.4, 0.5) is 5.69 Å². The summed E-state index contributed by atoms with van der Waals surface area (Å²) in [6.45, 7) is 4.22. The van der Waals surface area contributed by atoms with Crippen LogP contribution in [-0.4, -0.2) is 24.3 Å². The predicted octanol–water partition coefficient (Wildman–Crippen LogP) is 2.17. The normalized spacial score (nSPS) is 17.1. The molecule has 0 radical (unpaired) electrons. The fourth-order valence-corrected chi connectivity index (χ4v) is 1.86. The Labute approximate surface area is 107 Å².